The predicted octanol–water partition coefficient (Wildman–Crippen LogP) is 3.53. The van der Waals surface area contributed by atoms with Crippen molar-refractivity contribution in [1.82, 2.24) is 4.98 Å². The molecule has 18 heavy (non-hydrogen) atoms. The van der Waals surface area contributed by atoms with Crippen molar-refractivity contribution < 1.29 is 4.74 Å². The predicted molar refractivity (Wildman–Crippen MR) is 76.7 cm³/mol. The van der Waals surface area contributed by atoms with E-state index >= 15 is 0 Å². The van der Waals surface area contributed by atoms with Crippen LogP contribution in [0.15, 0.2) is 30.5 Å². The van der Waals surface area contributed by atoms with E-state index in [1.165, 1.54) is 0 Å². The Bertz CT molecular complexity index is 530. The standard InChI is InChI=1S/C14H17ClN2O/c1-10(8-15)9-17-14-12-4-3-5-13(18-2)11(12)6-7-16-14/h3-7,10H,8-9H2,1-2H3,(H,16,17). The molecule has 3 nitrogen and oxygen atoms in total. The molecule has 1 heterocycles. The Kier molecular flexibility index (Phi) is 4.26. The lowest BCUT2D eigenvalue weighted by atomic mass is 10.1. The number of pyridine rings is 1. The summed E-state index contributed by atoms with van der Waals surface area (Å²) in [4.78, 5) is 4.38. The third-order valence-corrected chi connectivity index (χ3v) is 3.39. The minimum absolute atomic E-state index is 0.411. The average Bonchev–Trinajstić information content (AvgIpc) is 2.43. The lowest BCUT2D eigenvalue weighted by Crippen LogP contribution is -2.13. The summed E-state index contributed by atoms with van der Waals surface area (Å²) < 4.78 is 5.35. The third-order valence-electron chi connectivity index (χ3n) is 2.87. The molecule has 0 bridgehead atoms. The van der Waals surface area contributed by atoms with Crippen LogP contribution in [0.4, 0.5) is 5.82 Å². The molecule has 0 amide bonds. The lowest BCUT2D eigenvalue weighted by Gasteiger charge is -2.13. The number of rotatable bonds is 5. The van der Waals surface area contributed by atoms with Crippen LogP contribution in [0.1, 0.15) is 6.92 Å². The number of nitrogens with zero attached hydrogens (tertiary/aromatic N) is 1. The number of aromatic nitrogens is 1. The van der Waals surface area contributed by atoms with Gasteiger partial charge in [-0.2, -0.15) is 0 Å². The van der Waals surface area contributed by atoms with Gasteiger partial charge in [-0.25, -0.2) is 4.98 Å². The maximum absolute atomic E-state index is 5.80. The molecule has 2 rings (SSSR count). The number of benzene rings is 1. The zero-order valence-electron chi connectivity index (χ0n) is 10.6. The fourth-order valence-electron chi connectivity index (χ4n) is 1.82. The number of alkyl halides is 1. The third kappa shape index (κ3) is 2.67. The molecule has 1 unspecified atom stereocenters. The summed E-state index contributed by atoms with van der Waals surface area (Å²) in [6, 6.07) is 7.93. The Balaban J connectivity index is 2.34. The monoisotopic (exact) mass is 264 g/mol. The van der Waals surface area contributed by atoms with Crippen LogP contribution in [-0.2, 0) is 0 Å². The van der Waals surface area contributed by atoms with Gasteiger partial charge in [-0.15, -0.1) is 11.6 Å². The van der Waals surface area contributed by atoms with Gasteiger partial charge in [-0.05, 0) is 18.1 Å². The van der Waals surface area contributed by atoms with Crippen LogP contribution in [0.5, 0.6) is 5.75 Å². The summed E-state index contributed by atoms with van der Waals surface area (Å²) in [5, 5.41) is 5.47. The van der Waals surface area contributed by atoms with Crippen molar-refractivity contribution in [3.05, 3.63) is 30.5 Å². The smallest absolute Gasteiger partial charge is 0.133 e. The van der Waals surface area contributed by atoms with Crippen molar-refractivity contribution in [3.63, 3.8) is 0 Å². The first kappa shape index (κ1) is 13.0. The summed E-state index contributed by atoms with van der Waals surface area (Å²) in [5.74, 6) is 2.79. The molecule has 2 aromatic rings. The average molecular weight is 265 g/mol. The zero-order chi connectivity index (χ0) is 13.0. The van der Waals surface area contributed by atoms with E-state index in [1.54, 1.807) is 13.3 Å². The highest BCUT2D eigenvalue weighted by Crippen LogP contribution is 2.28. The number of anilines is 1. The summed E-state index contributed by atoms with van der Waals surface area (Å²) >= 11 is 5.80. The van der Waals surface area contributed by atoms with E-state index in [1.807, 2.05) is 24.3 Å². The molecule has 4 heteroatoms. The number of hydrogen-bond acceptors (Lipinski definition) is 3. The quantitative estimate of drug-likeness (QED) is 0.839. The van der Waals surface area contributed by atoms with Crippen molar-refractivity contribution in [2.45, 2.75) is 6.92 Å². The van der Waals surface area contributed by atoms with Crippen molar-refractivity contribution in [2.75, 3.05) is 24.9 Å². The van der Waals surface area contributed by atoms with Crippen LogP contribution in [0, 0.1) is 5.92 Å². The molecule has 1 aromatic heterocycles. The first-order valence-corrected chi connectivity index (χ1v) is 6.51. The van der Waals surface area contributed by atoms with Gasteiger partial charge in [0.05, 0.1) is 7.11 Å². The molecule has 96 valence electrons. The van der Waals surface area contributed by atoms with E-state index in [0.717, 1.165) is 28.9 Å². The topological polar surface area (TPSA) is 34.1 Å². The number of fused-ring (bicyclic) bond motifs is 1. The molecule has 0 fully saturated rings. The van der Waals surface area contributed by atoms with Crippen LogP contribution in [0.25, 0.3) is 10.8 Å². The second-order valence-corrected chi connectivity index (χ2v) is 4.66. The minimum atomic E-state index is 0.411. The van der Waals surface area contributed by atoms with Crippen molar-refractivity contribution in [2.24, 2.45) is 5.92 Å². The number of methoxy groups -OCH3 is 1. The molecule has 1 aromatic carbocycles. The summed E-state index contributed by atoms with van der Waals surface area (Å²) in [5.41, 5.74) is 0. The highest BCUT2D eigenvalue weighted by Gasteiger charge is 2.07. The van der Waals surface area contributed by atoms with E-state index in [-0.39, 0.29) is 0 Å². The van der Waals surface area contributed by atoms with Crippen LogP contribution in [0.3, 0.4) is 0 Å². The van der Waals surface area contributed by atoms with Gasteiger partial charge < -0.3 is 10.1 Å². The maximum Gasteiger partial charge on any atom is 0.133 e. The molecule has 0 aliphatic rings. The fourth-order valence-corrected chi connectivity index (χ4v) is 1.93. The number of nitrogens with one attached hydrogen (secondary N) is 1. The van der Waals surface area contributed by atoms with Crippen molar-refractivity contribution in [1.29, 1.82) is 0 Å². The molecule has 1 N–H and O–H groups in total. The number of ether oxygens (including phenoxy) is 1. The summed E-state index contributed by atoms with van der Waals surface area (Å²) in [6.45, 7) is 2.92. The zero-order valence-corrected chi connectivity index (χ0v) is 11.4. The molecule has 0 saturated heterocycles. The Labute approximate surface area is 112 Å². The molecule has 0 saturated carbocycles. The molecule has 1 atom stereocenters. The Morgan fingerprint density at radius 2 is 2.17 bits per heavy atom. The van der Waals surface area contributed by atoms with E-state index in [4.69, 9.17) is 16.3 Å². The van der Waals surface area contributed by atoms with E-state index in [0.29, 0.717) is 11.8 Å². The number of hydrogen-bond donors (Lipinski definition) is 1. The molecule has 0 spiro atoms. The van der Waals surface area contributed by atoms with Gasteiger partial charge in [0.25, 0.3) is 0 Å². The van der Waals surface area contributed by atoms with E-state index < -0.39 is 0 Å². The molecule has 0 aliphatic carbocycles. The van der Waals surface area contributed by atoms with Gasteiger partial charge >= 0.3 is 0 Å². The SMILES string of the molecule is COc1cccc2c(NCC(C)CCl)nccc12. The Morgan fingerprint density at radius 1 is 1.33 bits per heavy atom. The first-order valence-electron chi connectivity index (χ1n) is 5.97. The molecular weight excluding hydrogens is 248 g/mol. The van der Waals surface area contributed by atoms with Crippen LogP contribution in [0.2, 0.25) is 0 Å². The molecular formula is C14H17ClN2O. The van der Waals surface area contributed by atoms with Gasteiger partial charge in [-0.3, -0.25) is 0 Å². The highest BCUT2D eigenvalue weighted by molar-refractivity contribution is 6.18. The minimum Gasteiger partial charge on any atom is -0.496 e. The largest absolute Gasteiger partial charge is 0.496 e. The maximum atomic E-state index is 5.80. The molecule has 0 aliphatic heterocycles. The highest BCUT2D eigenvalue weighted by atomic mass is 35.5. The Hall–Kier alpha value is -1.48. The van der Waals surface area contributed by atoms with Gasteiger partial charge in [0.1, 0.15) is 11.6 Å². The molecule has 0 radical (unpaired) electrons. The summed E-state index contributed by atoms with van der Waals surface area (Å²) in [7, 11) is 1.68. The van der Waals surface area contributed by atoms with Crippen LogP contribution >= 0.6 is 11.6 Å². The van der Waals surface area contributed by atoms with Gasteiger partial charge in [0.15, 0.2) is 0 Å². The second kappa shape index (κ2) is 5.91. The van der Waals surface area contributed by atoms with Crippen molar-refractivity contribution >= 4 is 28.2 Å². The van der Waals surface area contributed by atoms with Crippen LogP contribution in [-0.4, -0.2) is 24.5 Å². The number of halogens is 1. The first-order chi connectivity index (χ1) is 8.76. The Morgan fingerprint density at radius 3 is 2.89 bits per heavy atom. The second-order valence-electron chi connectivity index (χ2n) is 4.36. The van der Waals surface area contributed by atoms with Crippen molar-refractivity contribution in [3.8, 4) is 5.75 Å². The van der Waals surface area contributed by atoms with Gasteiger partial charge in [0, 0.05) is 29.4 Å². The normalized spacial score (nSPS) is 12.4. The van der Waals surface area contributed by atoms with Crippen LogP contribution < -0.4 is 10.1 Å². The lowest BCUT2D eigenvalue weighted by molar-refractivity contribution is 0.420. The van der Waals surface area contributed by atoms with E-state index in [9.17, 15) is 0 Å². The summed E-state index contributed by atoms with van der Waals surface area (Å²) in [6.07, 6.45) is 1.79. The van der Waals surface area contributed by atoms with Gasteiger partial charge in [-0.1, -0.05) is 19.1 Å². The van der Waals surface area contributed by atoms with E-state index in [2.05, 4.69) is 17.2 Å². The fraction of sp³-hybridized carbons (Fsp3) is 0.357. The van der Waals surface area contributed by atoms with Gasteiger partial charge in [0.2, 0.25) is 0 Å².